The standard InChI is InChI=1S/C33H26N4O7S3/c38-24(13-17-5-2-1-3-6-17)36-25-30(39)37-26(33(42)43)19(15-46-31(25)37)7-4-12-44-20-9-10-21-18(14-20)8-11-22-27(21)47-29(34-22)28-35-23(16-45-28)32(40)41/h1-11,14,23,25,31H,12-13,15-16H2,(H,36,38)(H,40,41)(H,42,43). The van der Waals surface area contributed by atoms with Gasteiger partial charge in [0.1, 0.15) is 39.5 Å². The van der Waals surface area contributed by atoms with Crippen molar-refractivity contribution < 1.29 is 34.1 Å². The average molecular weight is 687 g/mol. The van der Waals surface area contributed by atoms with Crippen LogP contribution >= 0.6 is 34.9 Å². The predicted octanol–water partition coefficient (Wildman–Crippen LogP) is 4.31. The van der Waals surface area contributed by atoms with Gasteiger partial charge >= 0.3 is 11.9 Å². The second-order valence-corrected chi connectivity index (χ2v) is 14.0. The van der Waals surface area contributed by atoms with Crippen LogP contribution in [0.5, 0.6) is 5.75 Å². The van der Waals surface area contributed by atoms with Crippen molar-refractivity contribution in [1.29, 1.82) is 0 Å². The van der Waals surface area contributed by atoms with Crippen molar-refractivity contribution in [2.24, 2.45) is 4.99 Å². The molecule has 3 N–H and O–H groups in total. The Morgan fingerprint density at radius 3 is 2.68 bits per heavy atom. The van der Waals surface area contributed by atoms with Crippen LogP contribution in [-0.4, -0.2) is 84.5 Å². The molecule has 4 aromatic rings. The molecule has 3 aromatic carbocycles. The number of hydrogen-bond acceptors (Lipinski definition) is 10. The first-order chi connectivity index (χ1) is 22.8. The number of aliphatic imine (C=N–C) groups is 1. The zero-order valence-electron chi connectivity index (χ0n) is 24.5. The number of carbonyl (C=O) groups is 4. The highest BCUT2D eigenvalue weighted by Crippen LogP contribution is 2.41. The molecule has 11 nitrogen and oxygen atoms in total. The van der Waals surface area contributed by atoms with Crippen LogP contribution in [0.2, 0.25) is 0 Å². The number of fused-ring (bicyclic) bond motifs is 4. The second kappa shape index (κ2) is 12.9. The summed E-state index contributed by atoms with van der Waals surface area (Å²) >= 11 is 4.29. The fourth-order valence-electron chi connectivity index (χ4n) is 5.60. The summed E-state index contributed by atoms with van der Waals surface area (Å²) in [7, 11) is 0. The van der Waals surface area contributed by atoms with Gasteiger partial charge < -0.3 is 20.3 Å². The number of rotatable bonds is 10. The molecule has 0 saturated carbocycles. The molecule has 0 bridgehead atoms. The summed E-state index contributed by atoms with van der Waals surface area (Å²) in [5.74, 6) is -1.48. The number of β-lactam (4-membered cyclic amide) rings is 1. The first kappa shape index (κ1) is 31.0. The molecule has 0 aliphatic carbocycles. The third-order valence-corrected chi connectivity index (χ3v) is 11.4. The van der Waals surface area contributed by atoms with Gasteiger partial charge in [0, 0.05) is 16.9 Å². The molecule has 14 heteroatoms. The number of ether oxygens (including phenoxy) is 1. The molecular formula is C33H26N4O7S3. The maximum atomic E-state index is 13.0. The monoisotopic (exact) mass is 686 g/mol. The van der Waals surface area contributed by atoms with Crippen molar-refractivity contribution in [1.82, 2.24) is 15.2 Å². The first-order valence-corrected chi connectivity index (χ1v) is 17.4. The van der Waals surface area contributed by atoms with E-state index in [1.807, 2.05) is 60.7 Å². The van der Waals surface area contributed by atoms with Gasteiger partial charge in [0.2, 0.25) is 5.91 Å². The normalized spacial score (nSPS) is 20.8. The van der Waals surface area contributed by atoms with Gasteiger partial charge in [0.05, 0.1) is 16.6 Å². The molecular weight excluding hydrogens is 661 g/mol. The number of nitrogens with zero attached hydrogens (tertiary/aromatic N) is 3. The Morgan fingerprint density at radius 2 is 1.91 bits per heavy atom. The van der Waals surface area contributed by atoms with E-state index in [4.69, 9.17) is 4.74 Å². The second-order valence-electron chi connectivity index (χ2n) is 10.9. The zero-order chi connectivity index (χ0) is 32.7. The van der Waals surface area contributed by atoms with E-state index in [0.29, 0.717) is 32.9 Å². The zero-order valence-corrected chi connectivity index (χ0v) is 26.9. The van der Waals surface area contributed by atoms with Gasteiger partial charge in [-0.25, -0.2) is 14.6 Å². The molecule has 238 valence electrons. The molecule has 3 unspecified atom stereocenters. The number of benzene rings is 3. The van der Waals surface area contributed by atoms with E-state index in [1.54, 1.807) is 12.2 Å². The molecule has 1 saturated heterocycles. The van der Waals surface area contributed by atoms with E-state index in [2.05, 4.69) is 15.3 Å². The van der Waals surface area contributed by atoms with E-state index in [0.717, 1.165) is 26.6 Å². The van der Waals surface area contributed by atoms with Crippen LogP contribution in [0.15, 0.2) is 89.1 Å². The minimum absolute atomic E-state index is 0.0809. The Morgan fingerprint density at radius 1 is 1.09 bits per heavy atom. The topological polar surface area (TPSA) is 158 Å². The van der Waals surface area contributed by atoms with Crippen molar-refractivity contribution in [3.63, 3.8) is 0 Å². The van der Waals surface area contributed by atoms with Gasteiger partial charge in [-0.1, -0.05) is 42.5 Å². The maximum absolute atomic E-state index is 13.0. The highest BCUT2D eigenvalue weighted by atomic mass is 32.2. The van der Waals surface area contributed by atoms with Gasteiger partial charge in [-0.15, -0.1) is 34.9 Å². The van der Waals surface area contributed by atoms with Gasteiger partial charge in [0.25, 0.3) is 5.91 Å². The average Bonchev–Trinajstić information content (AvgIpc) is 3.74. The quantitative estimate of drug-likeness (QED) is 0.205. The van der Waals surface area contributed by atoms with Crippen LogP contribution < -0.4 is 10.1 Å². The summed E-state index contributed by atoms with van der Waals surface area (Å²) in [5, 5.41) is 24.8. The minimum Gasteiger partial charge on any atom is -0.490 e. The number of amides is 2. The number of nitrogens with one attached hydrogen (secondary N) is 1. The largest absolute Gasteiger partial charge is 0.490 e. The fraction of sp³-hybridized carbons (Fsp3) is 0.212. The van der Waals surface area contributed by atoms with Crippen LogP contribution in [0.25, 0.3) is 21.0 Å². The Balaban J connectivity index is 1.00. The third kappa shape index (κ3) is 6.11. The number of carboxylic acids is 2. The Kier molecular flexibility index (Phi) is 8.47. The Hall–Kier alpha value is -4.66. The summed E-state index contributed by atoms with van der Waals surface area (Å²) in [6.07, 6.45) is 3.52. The van der Waals surface area contributed by atoms with E-state index in [9.17, 15) is 29.4 Å². The summed E-state index contributed by atoms with van der Waals surface area (Å²) in [6.45, 7) is 0.177. The number of thiazole rings is 1. The number of hydrogen-bond donors (Lipinski definition) is 3. The molecule has 47 heavy (non-hydrogen) atoms. The van der Waals surface area contributed by atoms with E-state index < -0.39 is 35.3 Å². The molecule has 3 aliphatic heterocycles. The van der Waals surface area contributed by atoms with Crippen LogP contribution in [-0.2, 0) is 25.6 Å². The molecule has 0 radical (unpaired) electrons. The maximum Gasteiger partial charge on any atom is 0.352 e. The molecule has 3 atom stereocenters. The van der Waals surface area contributed by atoms with Crippen LogP contribution in [0, 0.1) is 0 Å². The third-order valence-electron chi connectivity index (χ3n) is 7.85. The molecule has 4 heterocycles. The summed E-state index contributed by atoms with van der Waals surface area (Å²) in [5.41, 5.74) is 2.05. The van der Waals surface area contributed by atoms with Gasteiger partial charge in [-0.05, 0) is 46.9 Å². The van der Waals surface area contributed by atoms with E-state index >= 15 is 0 Å². The molecule has 0 spiro atoms. The predicted molar refractivity (Wildman–Crippen MR) is 182 cm³/mol. The van der Waals surface area contributed by atoms with Crippen molar-refractivity contribution in [2.45, 2.75) is 23.9 Å². The molecule has 3 aliphatic rings. The Labute approximate surface area is 280 Å². The Bertz CT molecular complexity index is 2040. The number of aromatic nitrogens is 1. The SMILES string of the molecule is O=C(Cc1ccccc1)NC1C(=O)N2C(C(=O)O)=C(C=CCOc3ccc4c(ccc5nc(C6=NC(C(=O)O)CS6)sc54)c3)CSC12. The van der Waals surface area contributed by atoms with Crippen LogP contribution in [0.4, 0.5) is 0 Å². The van der Waals surface area contributed by atoms with Gasteiger partial charge in [-0.3, -0.25) is 19.5 Å². The van der Waals surface area contributed by atoms with Crippen molar-refractivity contribution >= 4 is 84.6 Å². The number of thioether (sulfide) groups is 2. The minimum atomic E-state index is -1.20. The van der Waals surface area contributed by atoms with Gasteiger partial charge in [0.15, 0.2) is 6.04 Å². The number of carbonyl (C=O) groups excluding carboxylic acids is 2. The lowest BCUT2D eigenvalue weighted by Crippen LogP contribution is -2.70. The summed E-state index contributed by atoms with van der Waals surface area (Å²) < 4.78 is 6.92. The molecule has 1 aromatic heterocycles. The van der Waals surface area contributed by atoms with E-state index in [-0.39, 0.29) is 24.6 Å². The lowest BCUT2D eigenvalue weighted by atomic mass is 10.0. The highest BCUT2D eigenvalue weighted by Gasteiger charge is 2.53. The lowest BCUT2D eigenvalue weighted by Gasteiger charge is -2.49. The van der Waals surface area contributed by atoms with Crippen molar-refractivity contribution in [3.05, 3.63) is 94.7 Å². The van der Waals surface area contributed by atoms with Crippen molar-refractivity contribution in [2.75, 3.05) is 18.1 Å². The molecule has 1 fully saturated rings. The summed E-state index contributed by atoms with van der Waals surface area (Å²) in [4.78, 5) is 59.3. The van der Waals surface area contributed by atoms with Crippen LogP contribution in [0.3, 0.4) is 0 Å². The first-order valence-electron chi connectivity index (χ1n) is 14.6. The highest BCUT2D eigenvalue weighted by molar-refractivity contribution is 8.15. The van der Waals surface area contributed by atoms with E-state index in [1.165, 1.54) is 39.8 Å². The molecule has 7 rings (SSSR count). The number of carboxylic acid groups (broad SMARTS) is 2. The van der Waals surface area contributed by atoms with Crippen molar-refractivity contribution in [3.8, 4) is 5.75 Å². The lowest BCUT2D eigenvalue weighted by molar-refractivity contribution is -0.150. The fourth-order valence-corrected chi connectivity index (χ4v) is 9.12. The number of allylic oxidation sites excluding steroid dienone is 1. The summed E-state index contributed by atoms with van der Waals surface area (Å²) in [6, 6.07) is 17.3. The van der Waals surface area contributed by atoms with Gasteiger partial charge in [-0.2, -0.15) is 0 Å². The molecule has 2 amide bonds. The van der Waals surface area contributed by atoms with Crippen LogP contribution in [0.1, 0.15) is 10.6 Å². The smallest absolute Gasteiger partial charge is 0.352 e. The number of aliphatic carboxylic acids is 2.